The van der Waals surface area contributed by atoms with Gasteiger partial charge in [-0.2, -0.15) is 0 Å². The molecule has 1 nitrogen and oxygen atoms in total. The fourth-order valence-electron chi connectivity index (χ4n) is 3.18. The second kappa shape index (κ2) is 9.26. The molecular weight excluding hydrogens is 340 g/mol. The lowest BCUT2D eigenvalue weighted by Gasteiger charge is -2.17. The molecule has 0 fully saturated rings. The van der Waals surface area contributed by atoms with Gasteiger partial charge in [-0.05, 0) is 53.3 Å². The van der Waals surface area contributed by atoms with Crippen LogP contribution in [0.25, 0.3) is 11.1 Å². The summed E-state index contributed by atoms with van der Waals surface area (Å²) in [6, 6.07) is 29.3. The molecule has 3 rings (SSSR count). The van der Waals surface area contributed by atoms with E-state index in [4.69, 9.17) is 16.3 Å². The van der Waals surface area contributed by atoms with Gasteiger partial charge in [0.15, 0.2) is 0 Å². The third-order valence-electron chi connectivity index (χ3n) is 4.26. The van der Waals surface area contributed by atoms with Crippen LogP contribution in [0.3, 0.4) is 0 Å². The van der Waals surface area contributed by atoms with E-state index in [1.807, 2.05) is 31.2 Å². The van der Waals surface area contributed by atoms with E-state index in [9.17, 15) is 0 Å². The maximum Gasteiger partial charge on any atom is 0.119 e. The fourth-order valence-corrected chi connectivity index (χ4v) is 3.36. The normalized spacial score (nSPS) is 11.8. The molecule has 0 aliphatic rings. The SMILES string of the molecule is CCOc1cccc(/C(=C(/CCCl)c2ccccc2)c2ccccc2)c1. The molecule has 0 amide bonds. The summed E-state index contributed by atoms with van der Waals surface area (Å²) in [6.07, 6.45) is 0.800. The molecule has 0 aromatic heterocycles. The van der Waals surface area contributed by atoms with E-state index in [-0.39, 0.29) is 0 Å². The molecule has 3 aromatic carbocycles. The summed E-state index contributed by atoms with van der Waals surface area (Å²) in [7, 11) is 0. The Morgan fingerprint density at radius 3 is 2.00 bits per heavy atom. The molecule has 132 valence electrons. The highest BCUT2D eigenvalue weighted by Gasteiger charge is 2.14. The largest absolute Gasteiger partial charge is 0.494 e. The van der Waals surface area contributed by atoms with Gasteiger partial charge in [0.1, 0.15) is 5.75 Å². The first-order chi connectivity index (χ1) is 12.8. The molecule has 0 spiro atoms. The zero-order chi connectivity index (χ0) is 18.2. The van der Waals surface area contributed by atoms with E-state index in [0.29, 0.717) is 12.5 Å². The summed E-state index contributed by atoms with van der Waals surface area (Å²) >= 11 is 6.19. The molecule has 0 saturated carbocycles. The highest BCUT2D eigenvalue weighted by Crippen LogP contribution is 2.35. The van der Waals surface area contributed by atoms with E-state index < -0.39 is 0 Å². The monoisotopic (exact) mass is 362 g/mol. The van der Waals surface area contributed by atoms with Crippen molar-refractivity contribution in [1.82, 2.24) is 0 Å². The number of halogens is 1. The zero-order valence-corrected chi connectivity index (χ0v) is 15.7. The quantitative estimate of drug-likeness (QED) is 0.336. The second-order valence-electron chi connectivity index (χ2n) is 5.99. The van der Waals surface area contributed by atoms with E-state index in [1.54, 1.807) is 0 Å². The van der Waals surface area contributed by atoms with Crippen LogP contribution in [-0.2, 0) is 0 Å². The summed E-state index contributed by atoms with van der Waals surface area (Å²) in [5.74, 6) is 1.46. The predicted molar refractivity (Wildman–Crippen MR) is 112 cm³/mol. The van der Waals surface area contributed by atoms with Gasteiger partial charge in [-0.15, -0.1) is 11.6 Å². The van der Waals surface area contributed by atoms with Crippen LogP contribution in [0.5, 0.6) is 5.75 Å². The highest BCUT2D eigenvalue weighted by molar-refractivity contribution is 6.18. The van der Waals surface area contributed by atoms with Gasteiger partial charge < -0.3 is 4.74 Å². The van der Waals surface area contributed by atoms with Crippen LogP contribution in [0.15, 0.2) is 84.9 Å². The van der Waals surface area contributed by atoms with Crippen molar-refractivity contribution in [3.8, 4) is 5.75 Å². The zero-order valence-electron chi connectivity index (χ0n) is 15.0. The standard InChI is InChI=1S/C24H23ClO/c1-2-26-22-15-9-14-21(18-22)24(20-12-7-4-8-13-20)23(16-17-25)19-10-5-3-6-11-19/h3-15,18H,2,16-17H2,1H3/b24-23-. The van der Waals surface area contributed by atoms with Crippen LogP contribution < -0.4 is 4.74 Å². The minimum Gasteiger partial charge on any atom is -0.494 e. The van der Waals surface area contributed by atoms with E-state index in [0.717, 1.165) is 17.7 Å². The lowest BCUT2D eigenvalue weighted by atomic mass is 9.88. The average Bonchev–Trinajstić information content (AvgIpc) is 2.70. The second-order valence-corrected chi connectivity index (χ2v) is 6.36. The first-order valence-corrected chi connectivity index (χ1v) is 9.50. The average molecular weight is 363 g/mol. The topological polar surface area (TPSA) is 9.23 Å². The van der Waals surface area contributed by atoms with Gasteiger partial charge in [0.25, 0.3) is 0 Å². The van der Waals surface area contributed by atoms with Crippen molar-refractivity contribution in [3.05, 3.63) is 102 Å². The van der Waals surface area contributed by atoms with Crippen molar-refractivity contribution >= 4 is 22.7 Å². The number of hydrogen-bond donors (Lipinski definition) is 0. The maximum absolute atomic E-state index is 6.19. The van der Waals surface area contributed by atoms with Crippen molar-refractivity contribution in [3.63, 3.8) is 0 Å². The van der Waals surface area contributed by atoms with Gasteiger partial charge in [0, 0.05) is 5.88 Å². The predicted octanol–water partition coefficient (Wildman–Crippen LogP) is 6.67. The van der Waals surface area contributed by atoms with Gasteiger partial charge in [-0.1, -0.05) is 72.8 Å². The van der Waals surface area contributed by atoms with E-state index in [1.165, 1.54) is 22.3 Å². The molecule has 3 aromatic rings. The first kappa shape index (κ1) is 18.3. The van der Waals surface area contributed by atoms with Crippen LogP contribution in [0.2, 0.25) is 0 Å². The Morgan fingerprint density at radius 1 is 0.769 bits per heavy atom. The highest BCUT2D eigenvalue weighted by atomic mass is 35.5. The Hall–Kier alpha value is -2.51. The Balaban J connectivity index is 2.24. The van der Waals surface area contributed by atoms with Gasteiger partial charge in [-0.3, -0.25) is 0 Å². The number of alkyl halides is 1. The number of rotatable bonds is 7. The van der Waals surface area contributed by atoms with Crippen LogP contribution in [-0.4, -0.2) is 12.5 Å². The smallest absolute Gasteiger partial charge is 0.119 e. The Kier molecular flexibility index (Phi) is 6.51. The lowest BCUT2D eigenvalue weighted by molar-refractivity contribution is 0.340. The van der Waals surface area contributed by atoms with Crippen LogP contribution in [0, 0.1) is 0 Å². The molecular formula is C24H23ClO. The summed E-state index contributed by atoms with van der Waals surface area (Å²) in [6.45, 7) is 2.66. The van der Waals surface area contributed by atoms with Crippen molar-refractivity contribution in [2.45, 2.75) is 13.3 Å². The van der Waals surface area contributed by atoms with Crippen LogP contribution in [0.1, 0.15) is 30.0 Å². The van der Waals surface area contributed by atoms with Crippen molar-refractivity contribution in [2.24, 2.45) is 0 Å². The van der Waals surface area contributed by atoms with Crippen LogP contribution >= 0.6 is 11.6 Å². The molecule has 0 heterocycles. The summed E-state index contributed by atoms with van der Waals surface area (Å²) in [5.41, 5.74) is 5.99. The summed E-state index contributed by atoms with van der Waals surface area (Å²) < 4.78 is 5.73. The Morgan fingerprint density at radius 2 is 1.38 bits per heavy atom. The molecule has 26 heavy (non-hydrogen) atoms. The lowest BCUT2D eigenvalue weighted by Crippen LogP contribution is -1.98. The summed E-state index contributed by atoms with van der Waals surface area (Å²) in [4.78, 5) is 0. The molecule has 0 aliphatic carbocycles. The molecule has 0 N–H and O–H groups in total. The number of hydrogen-bond acceptors (Lipinski definition) is 1. The molecule has 2 heteroatoms. The molecule has 0 saturated heterocycles. The minimum absolute atomic E-state index is 0.575. The molecule has 0 unspecified atom stereocenters. The molecule has 0 bridgehead atoms. The van der Waals surface area contributed by atoms with E-state index in [2.05, 4.69) is 60.7 Å². The van der Waals surface area contributed by atoms with Gasteiger partial charge in [-0.25, -0.2) is 0 Å². The van der Waals surface area contributed by atoms with E-state index >= 15 is 0 Å². The Labute approximate surface area is 160 Å². The number of allylic oxidation sites excluding steroid dienone is 1. The fraction of sp³-hybridized carbons (Fsp3) is 0.167. The number of benzene rings is 3. The van der Waals surface area contributed by atoms with Crippen LogP contribution in [0.4, 0.5) is 0 Å². The molecule has 0 aliphatic heterocycles. The summed E-state index contributed by atoms with van der Waals surface area (Å²) in [5, 5.41) is 0. The maximum atomic E-state index is 6.19. The van der Waals surface area contributed by atoms with Crippen molar-refractivity contribution in [2.75, 3.05) is 12.5 Å². The third-order valence-corrected chi connectivity index (χ3v) is 4.45. The van der Waals surface area contributed by atoms with Gasteiger partial charge >= 0.3 is 0 Å². The van der Waals surface area contributed by atoms with Gasteiger partial charge in [0.05, 0.1) is 6.61 Å². The Bertz CT molecular complexity index is 854. The van der Waals surface area contributed by atoms with Crippen molar-refractivity contribution in [1.29, 1.82) is 0 Å². The third kappa shape index (κ3) is 4.36. The molecule has 0 radical (unpaired) electrons. The van der Waals surface area contributed by atoms with Gasteiger partial charge in [0.2, 0.25) is 0 Å². The minimum atomic E-state index is 0.575. The first-order valence-electron chi connectivity index (χ1n) is 8.96. The van der Waals surface area contributed by atoms with Crippen molar-refractivity contribution < 1.29 is 4.74 Å². The molecule has 0 atom stereocenters. The number of ether oxygens (including phenoxy) is 1.